The third-order valence-electron chi connectivity index (χ3n) is 7.10. The predicted octanol–water partition coefficient (Wildman–Crippen LogP) is 5.97. The zero-order valence-corrected chi connectivity index (χ0v) is 26.1. The van der Waals surface area contributed by atoms with Crippen molar-refractivity contribution in [3.8, 4) is 22.6 Å². The van der Waals surface area contributed by atoms with Gasteiger partial charge in [0, 0.05) is 51.1 Å². The summed E-state index contributed by atoms with van der Waals surface area (Å²) in [6.07, 6.45) is 2.32. The first-order valence-corrected chi connectivity index (χ1v) is 15.0. The number of anilines is 1. The van der Waals surface area contributed by atoms with Gasteiger partial charge in [0.25, 0.3) is 5.91 Å². The number of fused-ring (bicyclic) bond motifs is 1. The van der Waals surface area contributed by atoms with E-state index in [0.29, 0.717) is 43.8 Å². The maximum Gasteiger partial charge on any atom is 0.414 e. The summed E-state index contributed by atoms with van der Waals surface area (Å²) in [5.41, 5.74) is 2.80. The van der Waals surface area contributed by atoms with Gasteiger partial charge in [-0.3, -0.25) is 19.2 Å². The Kier molecular flexibility index (Phi) is 10.3. The average Bonchev–Trinajstić information content (AvgIpc) is 3.49. The van der Waals surface area contributed by atoms with Crippen LogP contribution in [0.1, 0.15) is 27.9 Å². The monoisotopic (exact) mass is 670 g/mol. The van der Waals surface area contributed by atoms with Crippen LogP contribution in [0.15, 0.2) is 60.9 Å². The molecular weight excluding hydrogens is 642 g/mol. The van der Waals surface area contributed by atoms with Gasteiger partial charge in [-0.25, -0.2) is 9.18 Å². The Bertz CT molecular complexity index is 1780. The van der Waals surface area contributed by atoms with Crippen LogP contribution in [-0.2, 0) is 16.1 Å². The summed E-state index contributed by atoms with van der Waals surface area (Å²) < 4.78 is 33.5. The smallest absolute Gasteiger partial charge is 0.414 e. The molecular formula is C32H29Cl2FN4O7. The van der Waals surface area contributed by atoms with Crippen molar-refractivity contribution >= 4 is 46.9 Å². The van der Waals surface area contributed by atoms with E-state index in [2.05, 4.69) is 10.4 Å². The lowest BCUT2D eigenvalue weighted by atomic mass is 10.1. The molecule has 4 aromatic rings. The molecule has 46 heavy (non-hydrogen) atoms. The summed E-state index contributed by atoms with van der Waals surface area (Å²) >= 11 is 12.5. The number of carbonyl (C=O) groups is 3. The number of carboxylic acids is 1. The van der Waals surface area contributed by atoms with E-state index in [0.717, 1.165) is 5.56 Å². The van der Waals surface area contributed by atoms with Gasteiger partial charge >= 0.3 is 12.1 Å². The van der Waals surface area contributed by atoms with Gasteiger partial charge in [-0.05, 0) is 48.9 Å². The third kappa shape index (κ3) is 7.69. The quantitative estimate of drug-likeness (QED) is 0.187. The van der Waals surface area contributed by atoms with E-state index in [4.69, 9.17) is 42.5 Å². The molecule has 11 nitrogen and oxygen atoms in total. The molecule has 5 rings (SSSR count). The first-order valence-electron chi connectivity index (χ1n) is 14.2. The molecule has 2 heterocycles. The second-order valence-electron chi connectivity index (χ2n) is 10.3. The van der Waals surface area contributed by atoms with Crippen LogP contribution in [0.5, 0.6) is 11.5 Å². The Balaban J connectivity index is 1.28. The average molecular weight is 672 g/mol. The lowest BCUT2D eigenvalue weighted by Crippen LogP contribution is -2.39. The Labute approximate surface area is 273 Å². The van der Waals surface area contributed by atoms with E-state index >= 15 is 0 Å². The highest BCUT2D eigenvalue weighted by Gasteiger charge is 2.29. The normalized spacial score (nSPS) is 12.2. The minimum atomic E-state index is -1.02. The number of nitrogens with zero attached hydrogens (tertiary/aromatic N) is 3. The largest absolute Gasteiger partial charge is 0.490 e. The number of rotatable bonds is 11. The number of amides is 2. The van der Waals surface area contributed by atoms with E-state index in [1.54, 1.807) is 41.2 Å². The maximum atomic E-state index is 14.9. The summed E-state index contributed by atoms with van der Waals surface area (Å²) in [4.78, 5) is 37.5. The number of hydrogen-bond acceptors (Lipinski definition) is 7. The van der Waals surface area contributed by atoms with Crippen molar-refractivity contribution in [2.75, 3.05) is 37.8 Å². The number of aliphatic carboxylic acids is 1. The number of ether oxygens (including phenoxy) is 3. The molecule has 0 atom stereocenters. The predicted molar refractivity (Wildman–Crippen MR) is 169 cm³/mol. The van der Waals surface area contributed by atoms with Crippen LogP contribution in [-0.4, -0.2) is 65.8 Å². The highest BCUT2D eigenvalue weighted by molar-refractivity contribution is 6.31. The molecule has 0 spiro atoms. The van der Waals surface area contributed by atoms with Gasteiger partial charge in [-0.1, -0.05) is 29.3 Å². The number of carbonyl (C=O) groups excluding carboxylic acids is 2. The summed E-state index contributed by atoms with van der Waals surface area (Å²) in [6, 6.07) is 12.5. The van der Waals surface area contributed by atoms with Crippen molar-refractivity contribution in [3.63, 3.8) is 0 Å². The van der Waals surface area contributed by atoms with E-state index in [1.807, 2.05) is 6.92 Å². The standard InChI is InChI=1S/C32H29Cl2FN4O7/c1-19-25(33)3-2-4-28(19)44-11-12-46-32(43)39-9-10-45-30-24(14-23(35)15-27(30)39)22-16-37-38(18-22)17-21-13-20(5-6-26(21)34)31(42)36-8-7-29(40)41/h2-6,13-16,18H,7-12,17H2,1H3,(H,36,42)(H,40,41). The molecule has 3 aromatic carbocycles. The zero-order chi connectivity index (χ0) is 32.8. The van der Waals surface area contributed by atoms with E-state index in [1.165, 1.54) is 29.3 Å². The molecule has 0 bridgehead atoms. The van der Waals surface area contributed by atoms with Crippen molar-refractivity contribution in [1.82, 2.24) is 15.1 Å². The molecule has 1 aromatic heterocycles. The maximum absolute atomic E-state index is 14.9. The van der Waals surface area contributed by atoms with Gasteiger partial charge in [-0.15, -0.1) is 0 Å². The van der Waals surface area contributed by atoms with Gasteiger partial charge in [0.1, 0.15) is 31.4 Å². The Hall–Kier alpha value is -4.81. The first kappa shape index (κ1) is 32.6. The number of nitrogens with one attached hydrogen (secondary N) is 1. The summed E-state index contributed by atoms with van der Waals surface area (Å²) in [6.45, 7) is 2.36. The first-order chi connectivity index (χ1) is 22.1. The van der Waals surface area contributed by atoms with E-state index < -0.39 is 23.8 Å². The molecule has 0 saturated heterocycles. The van der Waals surface area contributed by atoms with Gasteiger partial charge in [-0.2, -0.15) is 5.10 Å². The molecule has 2 N–H and O–H groups in total. The molecule has 0 radical (unpaired) electrons. The highest BCUT2D eigenvalue weighted by Crippen LogP contribution is 2.42. The summed E-state index contributed by atoms with van der Waals surface area (Å²) in [5.74, 6) is -1.16. The van der Waals surface area contributed by atoms with Crippen molar-refractivity contribution < 1.29 is 38.1 Å². The van der Waals surface area contributed by atoms with Crippen LogP contribution in [0, 0.1) is 12.7 Å². The van der Waals surface area contributed by atoms with Gasteiger partial charge in [0.15, 0.2) is 5.75 Å². The third-order valence-corrected chi connectivity index (χ3v) is 7.88. The van der Waals surface area contributed by atoms with Crippen LogP contribution in [0.2, 0.25) is 10.0 Å². The Morgan fingerprint density at radius 1 is 1.11 bits per heavy atom. The van der Waals surface area contributed by atoms with Crippen LogP contribution < -0.4 is 19.7 Å². The van der Waals surface area contributed by atoms with Crippen molar-refractivity contribution in [3.05, 3.63) is 93.5 Å². The molecule has 0 saturated carbocycles. The molecule has 240 valence electrons. The highest BCUT2D eigenvalue weighted by atomic mass is 35.5. The van der Waals surface area contributed by atoms with Crippen molar-refractivity contribution in [1.29, 1.82) is 0 Å². The lowest BCUT2D eigenvalue weighted by molar-refractivity contribution is -0.136. The fourth-order valence-corrected chi connectivity index (χ4v) is 5.13. The Morgan fingerprint density at radius 2 is 1.93 bits per heavy atom. The van der Waals surface area contributed by atoms with E-state index in [-0.39, 0.29) is 51.6 Å². The van der Waals surface area contributed by atoms with Crippen molar-refractivity contribution in [2.24, 2.45) is 0 Å². The topological polar surface area (TPSA) is 132 Å². The van der Waals surface area contributed by atoms with Crippen molar-refractivity contribution in [2.45, 2.75) is 19.9 Å². The number of carboxylic acid groups (broad SMARTS) is 1. The summed E-state index contributed by atoms with van der Waals surface area (Å²) in [7, 11) is 0. The molecule has 0 aliphatic carbocycles. The number of benzene rings is 3. The zero-order valence-electron chi connectivity index (χ0n) is 24.6. The fraction of sp³-hybridized carbons (Fsp3) is 0.250. The SMILES string of the molecule is Cc1c(Cl)cccc1OCCOC(=O)N1CCOc2c(-c3cnn(Cc4cc(C(=O)NCCC(=O)O)ccc4Cl)c3)cc(F)cc21. The van der Waals surface area contributed by atoms with Gasteiger partial charge in [0.2, 0.25) is 0 Å². The molecule has 2 amide bonds. The molecule has 0 fully saturated rings. The van der Waals surface area contributed by atoms with Gasteiger partial charge < -0.3 is 24.6 Å². The summed E-state index contributed by atoms with van der Waals surface area (Å²) in [5, 5.41) is 16.7. The Morgan fingerprint density at radius 3 is 2.74 bits per heavy atom. The minimum absolute atomic E-state index is 0.0120. The minimum Gasteiger partial charge on any atom is -0.490 e. The van der Waals surface area contributed by atoms with Gasteiger partial charge in [0.05, 0.1) is 31.4 Å². The molecule has 14 heteroatoms. The molecule has 1 aliphatic rings. The van der Waals surface area contributed by atoms with Crippen LogP contribution in [0.4, 0.5) is 14.9 Å². The van der Waals surface area contributed by atoms with E-state index in [9.17, 15) is 18.8 Å². The second kappa shape index (κ2) is 14.5. The van der Waals surface area contributed by atoms with Crippen LogP contribution >= 0.6 is 23.2 Å². The number of halogens is 3. The fourth-order valence-electron chi connectivity index (χ4n) is 4.78. The molecule has 1 aliphatic heterocycles. The van der Waals surface area contributed by atoms with Crippen LogP contribution in [0.3, 0.4) is 0 Å². The second-order valence-corrected chi connectivity index (χ2v) is 11.1. The number of hydrogen-bond donors (Lipinski definition) is 2. The molecule has 0 unspecified atom stereocenters. The number of aromatic nitrogens is 2. The van der Waals surface area contributed by atoms with Crippen LogP contribution in [0.25, 0.3) is 11.1 Å². The lowest BCUT2D eigenvalue weighted by Gasteiger charge is -2.30.